The predicted molar refractivity (Wildman–Crippen MR) is 126 cm³/mol. The average molecular weight is 520 g/mol. The van der Waals surface area contributed by atoms with Gasteiger partial charge < -0.3 is 9.84 Å². The molecule has 0 atom stereocenters. The minimum atomic E-state index is -4.48. The third-order valence-electron chi connectivity index (χ3n) is 5.41. The molecule has 0 spiro atoms. The largest absolute Gasteiger partial charge is 0.480 e. The van der Waals surface area contributed by atoms with E-state index in [1.54, 1.807) is 37.3 Å². The summed E-state index contributed by atoms with van der Waals surface area (Å²) in [6.07, 6.45) is -1.41. The standard InChI is InChI=1S/C24H20F3N3O5S/c1-14-2-4-16(18(8-14)24(25,26)27)12-30-19-5-3-15(9-17(19)11-28-30)10-20-22(33)29(23(34)36-20)6-7-35-13-21(31)32/h2-5,8-11H,6-7,12-13H2,1H3,(H,31,32)/b20-10-. The first-order valence-corrected chi connectivity index (χ1v) is 11.5. The highest BCUT2D eigenvalue weighted by atomic mass is 32.2. The van der Waals surface area contributed by atoms with E-state index in [-0.39, 0.29) is 30.2 Å². The van der Waals surface area contributed by atoms with Gasteiger partial charge in [0.25, 0.3) is 11.1 Å². The van der Waals surface area contributed by atoms with Crippen molar-refractivity contribution < 1.29 is 37.4 Å². The van der Waals surface area contributed by atoms with Crippen molar-refractivity contribution in [2.24, 2.45) is 0 Å². The molecular weight excluding hydrogens is 499 g/mol. The highest BCUT2D eigenvalue weighted by Gasteiger charge is 2.35. The molecule has 2 heterocycles. The molecular formula is C24H20F3N3O5S. The van der Waals surface area contributed by atoms with Gasteiger partial charge in [-0.3, -0.25) is 19.2 Å². The summed E-state index contributed by atoms with van der Waals surface area (Å²) in [6.45, 7) is 0.841. The minimum absolute atomic E-state index is 0.0686. The zero-order valence-electron chi connectivity index (χ0n) is 18.9. The van der Waals surface area contributed by atoms with Crippen LogP contribution < -0.4 is 0 Å². The number of carbonyl (C=O) groups excluding carboxylic acids is 2. The van der Waals surface area contributed by atoms with Gasteiger partial charge in [-0.05, 0) is 54.1 Å². The summed E-state index contributed by atoms with van der Waals surface area (Å²) in [5, 5.41) is 13.0. The Morgan fingerprint density at radius 2 is 1.97 bits per heavy atom. The van der Waals surface area contributed by atoms with Gasteiger partial charge in [-0.2, -0.15) is 18.3 Å². The number of halogens is 3. The number of aliphatic carboxylic acids is 1. The number of hydrogen-bond donors (Lipinski definition) is 1. The summed E-state index contributed by atoms with van der Waals surface area (Å²) < 4.78 is 46.9. The van der Waals surface area contributed by atoms with E-state index < -0.39 is 35.5 Å². The van der Waals surface area contributed by atoms with E-state index in [0.29, 0.717) is 22.0 Å². The minimum Gasteiger partial charge on any atom is -0.480 e. The highest BCUT2D eigenvalue weighted by molar-refractivity contribution is 8.18. The van der Waals surface area contributed by atoms with Crippen LogP contribution in [0.15, 0.2) is 47.5 Å². The van der Waals surface area contributed by atoms with Gasteiger partial charge in [0, 0.05) is 5.39 Å². The number of alkyl halides is 3. The lowest BCUT2D eigenvalue weighted by Crippen LogP contribution is -2.32. The van der Waals surface area contributed by atoms with Crippen molar-refractivity contribution in [3.63, 3.8) is 0 Å². The first kappa shape index (κ1) is 25.5. The lowest BCUT2D eigenvalue weighted by molar-refractivity contribution is -0.142. The number of thioether (sulfide) groups is 1. The number of aryl methyl sites for hydroxylation is 1. The fraction of sp³-hybridized carbons (Fsp3) is 0.250. The van der Waals surface area contributed by atoms with E-state index in [2.05, 4.69) is 5.10 Å². The summed E-state index contributed by atoms with van der Waals surface area (Å²) in [5.74, 6) is -1.67. The number of hydrogen-bond acceptors (Lipinski definition) is 6. The molecule has 0 bridgehead atoms. The van der Waals surface area contributed by atoms with Crippen LogP contribution in [0.1, 0.15) is 22.3 Å². The molecule has 36 heavy (non-hydrogen) atoms. The summed E-state index contributed by atoms with van der Waals surface area (Å²) in [5.41, 5.74) is 1.14. The molecule has 1 saturated heterocycles. The summed E-state index contributed by atoms with van der Waals surface area (Å²) >= 11 is 0.758. The number of benzene rings is 2. The third kappa shape index (κ3) is 5.60. The predicted octanol–water partition coefficient (Wildman–Crippen LogP) is 4.55. The van der Waals surface area contributed by atoms with Crippen molar-refractivity contribution in [1.82, 2.24) is 14.7 Å². The Morgan fingerprint density at radius 1 is 1.19 bits per heavy atom. The second-order valence-corrected chi connectivity index (χ2v) is 9.05. The Labute approximate surface area is 207 Å². The zero-order valence-corrected chi connectivity index (χ0v) is 19.7. The average Bonchev–Trinajstić information content (AvgIpc) is 3.31. The van der Waals surface area contributed by atoms with E-state index in [4.69, 9.17) is 9.84 Å². The molecule has 1 aliphatic rings. The van der Waals surface area contributed by atoms with Crippen LogP contribution in [0.2, 0.25) is 0 Å². The Balaban J connectivity index is 1.52. The van der Waals surface area contributed by atoms with Crippen LogP contribution in [0.5, 0.6) is 0 Å². The Bertz CT molecular complexity index is 1380. The first-order chi connectivity index (χ1) is 17.0. The summed E-state index contributed by atoms with van der Waals surface area (Å²) in [7, 11) is 0. The number of imide groups is 1. The van der Waals surface area contributed by atoms with Crippen LogP contribution in [-0.4, -0.2) is 56.7 Å². The number of carboxylic acids is 1. The van der Waals surface area contributed by atoms with E-state index in [1.165, 1.54) is 16.9 Å². The van der Waals surface area contributed by atoms with Crippen LogP contribution in [0.4, 0.5) is 18.0 Å². The van der Waals surface area contributed by atoms with Gasteiger partial charge in [0.2, 0.25) is 0 Å². The Kier molecular flexibility index (Phi) is 7.18. The van der Waals surface area contributed by atoms with Crippen LogP contribution in [0, 0.1) is 6.92 Å². The third-order valence-corrected chi connectivity index (χ3v) is 6.32. The molecule has 0 aliphatic carbocycles. The molecule has 1 fully saturated rings. The van der Waals surface area contributed by atoms with Crippen molar-refractivity contribution in [2.75, 3.05) is 19.8 Å². The second-order valence-electron chi connectivity index (χ2n) is 8.06. The number of carbonyl (C=O) groups is 3. The number of aromatic nitrogens is 2. The van der Waals surface area contributed by atoms with Gasteiger partial charge in [-0.15, -0.1) is 0 Å². The first-order valence-electron chi connectivity index (χ1n) is 10.7. The van der Waals surface area contributed by atoms with Crippen molar-refractivity contribution in [2.45, 2.75) is 19.6 Å². The molecule has 12 heteroatoms. The lowest BCUT2D eigenvalue weighted by Gasteiger charge is -2.14. The normalized spacial score (nSPS) is 15.4. The fourth-order valence-corrected chi connectivity index (χ4v) is 4.60. The maximum absolute atomic E-state index is 13.5. The maximum atomic E-state index is 13.5. The SMILES string of the molecule is Cc1ccc(Cn2ncc3cc(/C=C4\SC(=O)N(CCOCC(=O)O)C4=O)ccc32)c(C(F)(F)F)c1. The number of rotatable bonds is 8. The lowest BCUT2D eigenvalue weighted by atomic mass is 10.0. The molecule has 2 aromatic carbocycles. The van der Waals surface area contributed by atoms with Gasteiger partial charge in [-0.1, -0.05) is 23.8 Å². The van der Waals surface area contributed by atoms with E-state index in [9.17, 15) is 27.6 Å². The molecule has 3 aromatic rings. The van der Waals surface area contributed by atoms with Crippen molar-refractivity contribution in [1.29, 1.82) is 0 Å². The van der Waals surface area contributed by atoms with Gasteiger partial charge >= 0.3 is 12.1 Å². The molecule has 2 amide bonds. The molecule has 1 aliphatic heterocycles. The molecule has 188 valence electrons. The number of carboxylic acid groups (broad SMARTS) is 1. The van der Waals surface area contributed by atoms with E-state index >= 15 is 0 Å². The van der Waals surface area contributed by atoms with E-state index in [1.807, 2.05) is 0 Å². The second kappa shape index (κ2) is 10.2. The smallest absolute Gasteiger partial charge is 0.416 e. The topological polar surface area (TPSA) is 102 Å². The fourth-order valence-electron chi connectivity index (χ4n) is 3.73. The molecule has 1 N–H and O–H groups in total. The van der Waals surface area contributed by atoms with Gasteiger partial charge in [0.15, 0.2) is 0 Å². The number of nitrogens with zero attached hydrogens (tertiary/aromatic N) is 3. The molecule has 4 rings (SSSR count). The number of ether oxygens (including phenoxy) is 1. The summed E-state index contributed by atoms with van der Waals surface area (Å²) in [4.78, 5) is 36.4. The zero-order chi connectivity index (χ0) is 26.0. The summed E-state index contributed by atoms with van der Waals surface area (Å²) in [6, 6.07) is 9.29. The van der Waals surface area contributed by atoms with Crippen LogP contribution in [0.3, 0.4) is 0 Å². The highest BCUT2D eigenvalue weighted by Crippen LogP contribution is 2.34. The Hall–Kier alpha value is -3.64. The number of fused-ring (bicyclic) bond motifs is 1. The quantitative estimate of drug-likeness (QED) is 0.344. The molecule has 0 radical (unpaired) electrons. The number of amides is 2. The van der Waals surface area contributed by atoms with E-state index in [0.717, 1.165) is 22.7 Å². The van der Waals surface area contributed by atoms with Crippen LogP contribution in [0.25, 0.3) is 17.0 Å². The molecule has 0 unspecified atom stereocenters. The maximum Gasteiger partial charge on any atom is 0.416 e. The van der Waals surface area contributed by atoms with Crippen LogP contribution in [-0.2, 0) is 27.0 Å². The van der Waals surface area contributed by atoms with Gasteiger partial charge in [0.05, 0.1) is 41.9 Å². The van der Waals surface area contributed by atoms with Crippen molar-refractivity contribution >= 4 is 45.9 Å². The van der Waals surface area contributed by atoms with Crippen LogP contribution >= 0.6 is 11.8 Å². The van der Waals surface area contributed by atoms with Crippen molar-refractivity contribution in [3.05, 3.63) is 69.8 Å². The van der Waals surface area contributed by atoms with Gasteiger partial charge in [-0.25, -0.2) is 4.79 Å². The molecule has 1 aromatic heterocycles. The molecule has 0 saturated carbocycles. The molecule has 8 nitrogen and oxygen atoms in total. The monoisotopic (exact) mass is 519 g/mol. The van der Waals surface area contributed by atoms with Crippen molar-refractivity contribution in [3.8, 4) is 0 Å². The van der Waals surface area contributed by atoms with Gasteiger partial charge in [0.1, 0.15) is 6.61 Å². The Morgan fingerprint density at radius 3 is 2.69 bits per heavy atom.